The Bertz CT molecular complexity index is 403. The van der Waals surface area contributed by atoms with Gasteiger partial charge < -0.3 is 10.7 Å². The fraction of sp³-hybridized carbons (Fsp3) is 0.100. The van der Waals surface area contributed by atoms with Crippen LogP contribution in [-0.2, 0) is 0 Å². The Kier molecular flexibility index (Phi) is 1.77. The van der Waals surface area contributed by atoms with E-state index in [-0.39, 0.29) is 0 Å². The minimum Gasteiger partial charge on any atom is -0.383 e. The third-order valence-electron chi connectivity index (χ3n) is 1.90. The van der Waals surface area contributed by atoms with Crippen LogP contribution in [0.25, 0.3) is 11.3 Å². The van der Waals surface area contributed by atoms with E-state index in [4.69, 9.17) is 5.73 Å². The monoisotopic (exact) mass is 173 g/mol. The Hall–Kier alpha value is -1.77. The summed E-state index contributed by atoms with van der Waals surface area (Å²) in [4.78, 5) is 7.27. The standard InChI is InChI=1S/C10H11N3/c1-7-12-9(10(11)13-7)8-5-3-2-4-6-8/h2-6H,11H2,1H3,(H,12,13). The largest absolute Gasteiger partial charge is 0.383 e. The quantitative estimate of drug-likeness (QED) is 0.692. The predicted octanol–water partition coefficient (Wildman–Crippen LogP) is 1.97. The maximum atomic E-state index is 5.76. The second-order valence-electron chi connectivity index (χ2n) is 2.95. The molecule has 66 valence electrons. The first kappa shape index (κ1) is 7.86. The molecule has 3 nitrogen and oxygen atoms in total. The lowest BCUT2D eigenvalue weighted by Crippen LogP contribution is -1.87. The Morgan fingerprint density at radius 2 is 1.92 bits per heavy atom. The van der Waals surface area contributed by atoms with Crippen LogP contribution in [-0.4, -0.2) is 9.97 Å². The van der Waals surface area contributed by atoms with E-state index in [0.29, 0.717) is 5.82 Å². The molecule has 1 aromatic carbocycles. The van der Waals surface area contributed by atoms with E-state index < -0.39 is 0 Å². The van der Waals surface area contributed by atoms with Gasteiger partial charge in [-0.3, -0.25) is 0 Å². The van der Waals surface area contributed by atoms with Gasteiger partial charge >= 0.3 is 0 Å². The van der Waals surface area contributed by atoms with Crippen LogP contribution in [0.15, 0.2) is 30.3 Å². The topological polar surface area (TPSA) is 54.7 Å². The number of benzene rings is 1. The molecule has 0 aliphatic heterocycles. The summed E-state index contributed by atoms with van der Waals surface area (Å²) in [7, 11) is 0. The van der Waals surface area contributed by atoms with E-state index in [2.05, 4.69) is 9.97 Å². The van der Waals surface area contributed by atoms with Gasteiger partial charge in [-0.2, -0.15) is 0 Å². The van der Waals surface area contributed by atoms with Crippen molar-refractivity contribution in [3.63, 3.8) is 0 Å². The highest BCUT2D eigenvalue weighted by Crippen LogP contribution is 2.22. The molecule has 2 aromatic rings. The fourth-order valence-electron chi connectivity index (χ4n) is 1.33. The van der Waals surface area contributed by atoms with Crippen LogP contribution in [0.4, 0.5) is 5.82 Å². The fourth-order valence-corrected chi connectivity index (χ4v) is 1.33. The van der Waals surface area contributed by atoms with Crippen LogP contribution in [0.3, 0.4) is 0 Å². The number of anilines is 1. The zero-order valence-electron chi connectivity index (χ0n) is 7.41. The number of rotatable bonds is 1. The maximum Gasteiger partial charge on any atom is 0.129 e. The molecule has 2 rings (SSSR count). The molecule has 1 aromatic heterocycles. The summed E-state index contributed by atoms with van der Waals surface area (Å²) < 4.78 is 0. The highest BCUT2D eigenvalue weighted by atomic mass is 15.0. The van der Waals surface area contributed by atoms with Crippen molar-refractivity contribution < 1.29 is 0 Å². The van der Waals surface area contributed by atoms with Crippen LogP contribution in [0, 0.1) is 6.92 Å². The molecule has 0 radical (unpaired) electrons. The van der Waals surface area contributed by atoms with Crippen molar-refractivity contribution in [1.82, 2.24) is 9.97 Å². The number of hydrogen-bond acceptors (Lipinski definition) is 2. The summed E-state index contributed by atoms with van der Waals surface area (Å²) in [6.45, 7) is 1.89. The van der Waals surface area contributed by atoms with Gasteiger partial charge in [0, 0.05) is 5.56 Å². The molecule has 3 N–H and O–H groups in total. The van der Waals surface area contributed by atoms with Crippen molar-refractivity contribution in [3.05, 3.63) is 36.2 Å². The zero-order chi connectivity index (χ0) is 9.26. The van der Waals surface area contributed by atoms with Gasteiger partial charge in [-0.15, -0.1) is 0 Å². The van der Waals surface area contributed by atoms with E-state index >= 15 is 0 Å². The van der Waals surface area contributed by atoms with Crippen molar-refractivity contribution in [2.24, 2.45) is 0 Å². The van der Waals surface area contributed by atoms with Crippen LogP contribution in [0.2, 0.25) is 0 Å². The van der Waals surface area contributed by atoms with Gasteiger partial charge in [0.15, 0.2) is 0 Å². The molecule has 0 atom stereocenters. The second kappa shape index (κ2) is 2.94. The third kappa shape index (κ3) is 1.40. The molecule has 0 bridgehead atoms. The summed E-state index contributed by atoms with van der Waals surface area (Å²) in [5, 5.41) is 0. The van der Waals surface area contributed by atoms with E-state index in [1.165, 1.54) is 0 Å². The molecule has 3 heteroatoms. The number of aromatic amines is 1. The number of aromatic nitrogens is 2. The normalized spacial score (nSPS) is 10.2. The summed E-state index contributed by atoms with van der Waals surface area (Å²) in [5.74, 6) is 1.47. The van der Waals surface area contributed by atoms with Gasteiger partial charge in [0.05, 0.1) is 0 Å². The van der Waals surface area contributed by atoms with Gasteiger partial charge in [0.2, 0.25) is 0 Å². The minimum atomic E-state index is 0.628. The smallest absolute Gasteiger partial charge is 0.129 e. The summed E-state index contributed by atoms with van der Waals surface area (Å²) in [6.07, 6.45) is 0. The molecule has 1 heterocycles. The summed E-state index contributed by atoms with van der Waals surface area (Å²) in [5.41, 5.74) is 7.63. The molecule has 0 saturated heterocycles. The van der Waals surface area contributed by atoms with Crippen LogP contribution in [0.5, 0.6) is 0 Å². The molecule has 0 aliphatic carbocycles. The lowest BCUT2D eigenvalue weighted by molar-refractivity contribution is 1.15. The summed E-state index contributed by atoms with van der Waals surface area (Å²) >= 11 is 0. The molecular formula is C10H11N3. The van der Waals surface area contributed by atoms with Crippen LogP contribution >= 0.6 is 0 Å². The first-order chi connectivity index (χ1) is 6.27. The number of nitrogens with two attached hydrogens (primary N) is 1. The van der Waals surface area contributed by atoms with Gasteiger partial charge in [-0.1, -0.05) is 30.3 Å². The first-order valence-electron chi connectivity index (χ1n) is 4.15. The lowest BCUT2D eigenvalue weighted by Gasteiger charge is -1.95. The van der Waals surface area contributed by atoms with Crippen LogP contribution < -0.4 is 5.73 Å². The Labute approximate surface area is 76.6 Å². The number of nitrogens with one attached hydrogen (secondary N) is 1. The van der Waals surface area contributed by atoms with E-state index in [0.717, 1.165) is 17.1 Å². The van der Waals surface area contributed by atoms with E-state index in [9.17, 15) is 0 Å². The third-order valence-corrected chi connectivity index (χ3v) is 1.90. The average Bonchev–Trinajstić information content (AvgIpc) is 2.47. The van der Waals surface area contributed by atoms with Gasteiger partial charge in [0.25, 0.3) is 0 Å². The number of imidazole rings is 1. The Morgan fingerprint density at radius 1 is 1.23 bits per heavy atom. The molecular weight excluding hydrogens is 162 g/mol. The number of hydrogen-bond donors (Lipinski definition) is 2. The van der Waals surface area contributed by atoms with Crippen molar-refractivity contribution >= 4 is 5.82 Å². The van der Waals surface area contributed by atoms with Gasteiger partial charge in [-0.05, 0) is 6.92 Å². The average molecular weight is 173 g/mol. The highest BCUT2D eigenvalue weighted by molar-refractivity contribution is 5.70. The van der Waals surface area contributed by atoms with E-state index in [1.807, 2.05) is 37.3 Å². The van der Waals surface area contributed by atoms with Crippen LogP contribution in [0.1, 0.15) is 5.82 Å². The lowest BCUT2D eigenvalue weighted by atomic mass is 10.1. The number of nitrogens with zero attached hydrogens (tertiary/aromatic N) is 1. The number of nitrogen functional groups attached to an aromatic ring is 1. The molecule has 0 spiro atoms. The zero-order valence-corrected chi connectivity index (χ0v) is 7.41. The van der Waals surface area contributed by atoms with Crippen molar-refractivity contribution in [3.8, 4) is 11.3 Å². The molecule has 0 aliphatic rings. The molecule has 0 saturated carbocycles. The predicted molar refractivity (Wildman–Crippen MR) is 53.2 cm³/mol. The summed E-state index contributed by atoms with van der Waals surface area (Å²) in [6, 6.07) is 9.90. The number of aryl methyl sites for hydroxylation is 1. The van der Waals surface area contributed by atoms with Crippen molar-refractivity contribution in [2.45, 2.75) is 6.92 Å². The minimum absolute atomic E-state index is 0.628. The molecule has 0 amide bonds. The van der Waals surface area contributed by atoms with Gasteiger partial charge in [-0.25, -0.2) is 4.98 Å². The Morgan fingerprint density at radius 3 is 2.46 bits per heavy atom. The Balaban J connectivity index is 2.53. The SMILES string of the molecule is Cc1nc(-c2ccccc2)c(N)[nH]1. The second-order valence-corrected chi connectivity index (χ2v) is 2.95. The first-order valence-corrected chi connectivity index (χ1v) is 4.15. The van der Waals surface area contributed by atoms with E-state index in [1.54, 1.807) is 0 Å². The maximum absolute atomic E-state index is 5.76. The molecule has 0 fully saturated rings. The number of H-pyrrole nitrogens is 1. The van der Waals surface area contributed by atoms with Crippen molar-refractivity contribution in [1.29, 1.82) is 0 Å². The highest BCUT2D eigenvalue weighted by Gasteiger charge is 2.05. The van der Waals surface area contributed by atoms with Gasteiger partial charge in [0.1, 0.15) is 17.3 Å². The molecule has 0 unspecified atom stereocenters. The molecule has 13 heavy (non-hydrogen) atoms. The van der Waals surface area contributed by atoms with Crippen molar-refractivity contribution in [2.75, 3.05) is 5.73 Å².